The first kappa shape index (κ1) is 21.3. The minimum absolute atomic E-state index is 0.0501. The molecule has 3 aromatic rings. The van der Waals surface area contributed by atoms with Gasteiger partial charge in [-0.15, -0.1) is 0 Å². The molecule has 0 saturated heterocycles. The van der Waals surface area contributed by atoms with Gasteiger partial charge in [0.15, 0.2) is 0 Å². The summed E-state index contributed by atoms with van der Waals surface area (Å²) >= 11 is 0. The fourth-order valence-corrected chi connectivity index (χ4v) is 3.48. The van der Waals surface area contributed by atoms with Gasteiger partial charge in [-0.05, 0) is 44.2 Å². The molecule has 11 heteroatoms. The molecule has 1 amide bonds. The largest absolute Gasteiger partial charge is 0.490 e. The first-order chi connectivity index (χ1) is 14.0. The third kappa shape index (κ3) is 4.26. The van der Waals surface area contributed by atoms with Crippen LogP contribution in [0.25, 0.3) is 22.3 Å². The van der Waals surface area contributed by atoms with Crippen LogP contribution in [0.4, 0.5) is 9.18 Å². The third-order valence-corrected chi connectivity index (χ3v) is 4.86. The predicted octanol–water partition coefficient (Wildman–Crippen LogP) is 2.91. The van der Waals surface area contributed by atoms with Crippen LogP contribution in [0.15, 0.2) is 45.7 Å². The van der Waals surface area contributed by atoms with Crippen LogP contribution < -0.4 is 15.6 Å². The molecule has 0 atom stereocenters. The molecule has 30 heavy (non-hydrogen) atoms. The van der Waals surface area contributed by atoms with Crippen LogP contribution >= 0.6 is 0 Å². The van der Waals surface area contributed by atoms with Gasteiger partial charge in [-0.3, -0.25) is 0 Å². The number of nitrogens with two attached hydrogens (primary N) is 2. The molecule has 0 bridgehead atoms. The van der Waals surface area contributed by atoms with E-state index in [-0.39, 0.29) is 38.5 Å². The van der Waals surface area contributed by atoms with E-state index in [0.717, 1.165) is 18.2 Å². The number of hydrogen-bond donors (Lipinski definition) is 2. The van der Waals surface area contributed by atoms with Crippen molar-refractivity contribution >= 4 is 33.1 Å². The van der Waals surface area contributed by atoms with E-state index < -0.39 is 34.0 Å². The van der Waals surface area contributed by atoms with E-state index in [0.29, 0.717) is 0 Å². The van der Waals surface area contributed by atoms with Crippen molar-refractivity contribution in [3.8, 4) is 17.1 Å². The van der Waals surface area contributed by atoms with Crippen molar-refractivity contribution in [1.82, 2.24) is 0 Å². The second kappa shape index (κ2) is 7.76. The molecule has 2 aromatic carbocycles. The summed E-state index contributed by atoms with van der Waals surface area (Å²) in [5.74, 6) is -1.88. The second-order valence-corrected chi connectivity index (χ2v) is 8.06. The van der Waals surface area contributed by atoms with E-state index in [1.165, 1.54) is 18.2 Å². The average molecular weight is 436 g/mol. The Morgan fingerprint density at radius 3 is 2.30 bits per heavy atom. The highest BCUT2D eigenvalue weighted by Gasteiger charge is 2.28. The Kier molecular flexibility index (Phi) is 5.51. The van der Waals surface area contributed by atoms with Crippen LogP contribution in [0, 0.1) is 5.82 Å². The second-order valence-electron chi connectivity index (χ2n) is 6.53. The zero-order valence-electron chi connectivity index (χ0n) is 15.8. The lowest BCUT2D eigenvalue weighted by Crippen LogP contribution is -2.19. The number of hydrogen-bond acceptors (Lipinski definition) is 7. The van der Waals surface area contributed by atoms with E-state index in [9.17, 15) is 22.4 Å². The van der Waals surface area contributed by atoms with Crippen LogP contribution in [-0.4, -0.2) is 26.6 Å². The molecule has 0 unspecified atom stereocenters. The van der Waals surface area contributed by atoms with Gasteiger partial charge in [-0.1, -0.05) is 0 Å². The first-order valence-electron chi connectivity index (χ1n) is 8.55. The number of carbonyl (C=O) groups excluding carboxylic acids is 2. The number of primary sulfonamides is 1. The van der Waals surface area contributed by atoms with Gasteiger partial charge in [0.25, 0.3) is 0 Å². The monoisotopic (exact) mass is 436 g/mol. The maximum absolute atomic E-state index is 13.3. The fourth-order valence-electron chi connectivity index (χ4n) is 2.82. The SMILES string of the molecule is CC(C)Oc1cc2c(C(=O)OC(N)=O)c(-c3ccc(F)cc3)oc2cc1S(N)(=O)=O. The van der Waals surface area contributed by atoms with Crippen LogP contribution in [0.3, 0.4) is 0 Å². The summed E-state index contributed by atoms with van der Waals surface area (Å²) in [6, 6.07) is 7.27. The van der Waals surface area contributed by atoms with E-state index in [4.69, 9.17) is 20.0 Å². The molecule has 4 N–H and O–H groups in total. The van der Waals surface area contributed by atoms with Crippen LogP contribution in [0.5, 0.6) is 5.75 Å². The van der Waals surface area contributed by atoms with Crippen molar-refractivity contribution in [2.24, 2.45) is 10.9 Å². The summed E-state index contributed by atoms with van der Waals surface area (Å²) in [6.45, 7) is 3.33. The number of primary amides is 1. The van der Waals surface area contributed by atoms with E-state index in [1.54, 1.807) is 13.8 Å². The highest BCUT2D eigenvalue weighted by atomic mass is 32.2. The highest BCUT2D eigenvalue weighted by molar-refractivity contribution is 7.89. The molecule has 1 heterocycles. The number of furan rings is 1. The molecular formula is C19H17FN2O7S. The number of rotatable bonds is 5. The lowest BCUT2D eigenvalue weighted by atomic mass is 10.1. The molecule has 0 aliphatic heterocycles. The number of halogens is 1. The van der Waals surface area contributed by atoms with Gasteiger partial charge in [-0.25, -0.2) is 27.5 Å². The number of ether oxygens (including phenoxy) is 2. The fraction of sp³-hybridized carbons (Fsp3) is 0.158. The smallest absolute Gasteiger partial charge is 0.412 e. The normalized spacial score (nSPS) is 11.6. The van der Waals surface area contributed by atoms with Gasteiger partial charge < -0.3 is 19.6 Å². The van der Waals surface area contributed by atoms with Crippen molar-refractivity contribution in [2.45, 2.75) is 24.8 Å². The summed E-state index contributed by atoms with van der Waals surface area (Å²) in [6.07, 6.45) is -1.77. The number of fused-ring (bicyclic) bond motifs is 1. The predicted molar refractivity (Wildman–Crippen MR) is 104 cm³/mol. The van der Waals surface area contributed by atoms with Crippen molar-refractivity contribution in [1.29, 1.82) is 0 Å². The van der Waals surface area contributed by atoms with Gasteiger partial charge in [0, 0.05) is 17.0 Å². The number of benzene rings is 2. The zero-order chi connectivity index (χ0) is 22.2. The lowest BCUT2D eigenvalue weighted by Gasteiger charge is -2.13. The first-order valence-corrected chi connectivity index (χ1v) is 10.1. The Morgan fingerprint density at radius 2 is 1.77 bits per heavy atom. The van der Waals surface area contributed by atoms with Crippen LogP contribution in [0.1, 0.15) is 24.2 Å². The average Bonchev–Trinajstić information content (AvgIpc) is 2.98. The van der Waals surface area contributed by atoms with Crippen LogP contribution in [0.2, 0.25) is 0 Å². The van der Waals surface area contributed by atoms with E-state index in [2.05, 4.69) is 4.74 Å². The molecule has 0 fully saturated rings. The van der Waals surface area contributed by atoms with Gasteiger partial charge in [0.1, 0.15) is 33.4 Å². The van der Waals surface area contributed by atoms with Crippen molar-refractivity contribution in [2.75, 3.05) is 0 Å². The van der Waals surface area contributed by atoms with Crippen molar-refractivity contribution in [3.05, 3.63) is 47.8 Å². The standard InChI is InChI=1S/C19H17FN2O7S/c1-9(2)27-14-7-12-13(8-15(14)30(22,25)26)28-17(10-3-5-11(20)6-4-10)16(12)18(23)29-19(21)24/h3-9H,1-2H3,(H2,21,24)(H2,22,25,26). The van der Waals surface area contributed by atoms with Crippen LogP contribution in [-0.2, 0) is 14.8 Å². The topological polar surface area (TPSA) is 152 Å². The number of esters is 1. The molecule has 0 spiro atoms. The van der Waals surface area contributed by atoms with Gasteiger partial charge in [0.2, 0.25) is 10.0 Å². The lowest BCUT2D eigenvalue weighted by molar-refractivity contribution is 0.0640. The Bertz CT molecular complexity index is 1250. The Hall–Kier alpha value is -3.44. The number of amides is 1. The van der Waals surface area contributed by atoms with Crippen molar-refractivity contribution < 1.29 is 36.3 Å². The molecule has 9 nitrogen and oxygen atoms in total. The molecule has 3 rings (SSSR count). The minimum atomic E-state index is -4.21. The highest BCUT2D eigenvalue weighted by Crippen LogP contribution is 2.39. The van der Waals surface area contributed by atoms with Gasteiger partial charge >= 0.3 is 12.1 Å². The summed E-state index contributed by atoms with van der Waals surface area (Å²) in [5, 5.41) is 5.37. The summed E-state index contributed by atoms with van der Waals surface area (Å²) in [5.41, 5.74) is 4.95. The Morgan fingerprint density at radius 1 is 1.13 bits per heavy atom. The van der Waals surface area contributed by atoms with Crippen molar-refractivity contribution in [3.63, 3.8) is 0 Å². The van der Waals surface area contributed by atoms with E-state index in [1.807, 2.05) is 0 Å². The molecule has 0 aliphatic rings. The molecular weight excluding hydrogens is 419 g/mol. The maximum atomic E-state index is 13.3. The molecule has 158 valence electrons. The maximum Gasteiger partial charge on any atom is 0.412 e. The van der Waals surface area contributed by atoms with E-state index >= 15 is 0 Å². The molecule has 1 aromatic heterocycles. The minimum Gasteiger partial charge on any atom is -0.490 e. The third-order valence-electron chi connectivity index (χ3n) is 3.93. The number of sulfonamides is 1. The quantitative estimate of drug-likeness (QED) is 0.461. The zero-order valence-corrected chi connectivity index (χ0v) is 16.7. The molecule has 0 radical (unpaired) electrons. The summed E-state index contributed by atoms with van der Waals surface area (Å²) in [7, 11) is -4.21. The van der Waals surface area contributed by atoms with Gasteiger partial charge in [0.05, 0.1) is 6.10 Å². The molecule has 0 aliphatic carbocycles. The molecule has 0 saturated carbocycles. The number of carbonyl (C=O) groups is 2. The Balaban J connectivity index is 2.36. The summed E-state index contributed by atoms with van der Waals surface area (Å²) in [4.78, 5) is 23.3. The van der Waals surface area contributed by atoms with Gasteiger partial charge in [-0.2, -0.15) is 0 Å². The Labute approximate surface area is 170 Å². The summed E-state index contributed by atoms with van der Waals surface area (Å²) < 4.78 is 53.0.